The average molecular weight is 259 g/mol. The second-order valence-electron chi connectivity index (χ2n) is 4.33. The molecule has 1 aliphatic heterocycles. The van der Waals surface area contributed by atoms with E-state index in [9.17, 15) is 14.7 Å². The maximum Gasteiger partial charge on any atom is 0.410 e. The first-order valence-corrected chi connectivity index (χ1v) is 6.29. The van der Waals surface area contributed by atoms with Crippen molar-refractivity contribution in [2.75, 3.05) is 19.8 Å². The predicted octanol–water partition coefficient (Wildman–Crippen LogP) is 0.921. The molecule has 6 nitrogen and oxygen atoms in total. The van der Waals surface area contributed by atoms with Crippen LogP contribution in [-0.4, -0.2) is 54.0 Å². The fourth-order valence-electron chi connectivity index (χ4n) is 2.22. The number of aliphatic hydroxyl groups is 1. The number of carbonyl (C=O) groups is 2. The van der Waals surface area contributed by atoms with Crippen molar-refractivity contribution >= 4 is 12.1 Å². The molecule has 6 heteroatoms. The third-order valence-electron chi connectivity index (χ3n) is 3.03. The highest BCUT2D eigenvalue weighted by molar-refractivity contribution is 5.69. The Morgan fingerprint density at radius 3 is 2.50 bits per heavy atom. The minimum Gasteiger partial charge on any atom is -0.464 e. The van der Waals surface area contributed by atoms with Crippen LogP contribution in [0.15, 0.2) is 0 Å². The van der Waals surface area contributed by atoms with Crippen LogP contribution in [0.4, 0.5) is 4.79 Å². The highest BCUT2D eigenvalue weighted by atomic mass is 16.6. The summed E-state index contributed by atoms with van der Waals surface area (Å²) in [5, 5.41) is 9.32. The summed E-state index contributed by atoms with van der Waals surface area (Å²) >= 11 is 0. The van der Waals surface area contributed by atoms with Crippen molar-refractivity contribution in [3.63, 3.8) is 0 Å². The van der Waals surface area contributed by atoms with Crippen molar-refractivity contribution in [2.45, 2.75) is 45.2 Å². The van der Waals surface area contributed by atoms with Crippen LogP contribution in [-0.2, 0) is 14.3 Å². The lowest BCUT2D eigenvalue weighted by atomic mass is 9.97. The van der Waals surface area contributed by atoms with Gasteiger partial charge in [-0.05, 0) is 26.2 Å². The van der Waals surface area contributed by atoms with Gasteiger partial charge in [0.25, 0.3) is 0 Å². The molecule has 1 aliphatic rings. The number of amides is 1. The normalized spacial score (nSPS) is 23.6. The van der Waals surface area contributed by atoms with Gasteiger partial charge >= 0.3 is 12.1 Å². The number of esters is 1. The van der Waals surface area contributed by atoms with E-state index in [1.165, 1.54) is 11.8 Å². The summed E-state index contributed by atoms with van der Waals surface area (Å²) in [4.78, 5) is 24.2. The Kier molecular flexibility index (Phi) is 5.91. The largest absolute Gasteiger partial charge is 0.464 e. The van der Waals surface area contributed by atoms with Gasteiger partial charge in [-0.1, -0.05) is 0 Å². The number of likely N-dealkylation sites (tertiary alicyclic amines) is 1. The molecule has 1 fully saturated rings. The molecular formula is C12H21NO5. The molecule has 18 heavy (non-hydrogen) atoms. The first kappa shape index (κ1) is 14.8. The standard InChI is InChI=1S/C12H21NO5/c1-3-17-12(16)13-10(7-14)5-4-6-11(13)8-18-9(2)15/h10-11,14H,3-8H2,1-2H3/t10-,11+/m0/s1. The van der Waals surface area contributed by atoms with Crippen molar-refractivity contribution < 1.29 is 24.2 Å². The van der Waals surface area contributed by atoms with E-state index in [4.69, 9.17) is 9.47 Å². The molecule has 1 saturated heterocycles. The quantitative estimate of drug-likeness (QED) is 0.760. The maximum atomic E-state index is 11.9. The van der Waals surface area contributed by atoms with Gasteiger partial charge < -0.3 is 14.6 Å². The van der Waals surface area contributed by atoms with Crippen LogP contribution in [0.1, 0.15) is 33.1 Å². The monoisotopic (exact) mass is 259 g/mol. The van der Waals surface area contributed by atoms with Crippen molar-refractivity contribution in [1.82, 2.24) is 4.90 Å². The fourth-order valence-corrected chi connectivity index (χ4v) is 2.22. The lowest BCUT2D eigenvalue weighted by molar-refractivity contribution is -0.143. The van der Waals surface area contributed by atoms with E-state index in [-0.39, 0.29) is 37.9 Å². The third-order valence-corrected chi connectivity index (χ3v) is 3.03. The molecule has 0 aliphatic carbocycles. The Morgan fingerprint density at radius 1 is 1.28 bits per heavy atom. The number of rotatable bonds is 4. The molecule has 0 aromatic carbocycles. The van der Waals surface area contributed by atoms with Gasteiger partial charge in [0.15, 0.2) is 0 Å². The van der Waals surface area contributed by atoms with Gasteiger partial charge in [-0.25, -0.2) is 4.79 Å². The van der Waals surface area contributed by atoms with Crippen LogP contribution in [0.2, 0.25) is 0 Å². The van der Waals surface area contributed by atoms with Crippen LogP contribution < -0.4 is 0 Å². The first-order valence-electron chi connectivity index (χ1n) is 6.29. The summed E-state index contributed by atoms with van der Waals surface area (Å²) in [5.41, 5.74) is 0. The molecule has 0 saturated carbocycles. The van der Waals surface area contributed by atoms with Gasteiger partial charge in [0.2, 0.25) is 0 Å². The Labute approximate surface area is 107 Å². The molecule has 0 spiro atoms. The van der Waals surface area contributed by atoms with Gasteiger partial charge in [0.1, 0.15) is 6.61 Å². The van der Waals surface area contributed by atoms with Crippen LogP contribution in [0.3, 0.4) is 0 Å². The minimum absolute atomic E-state index is 0.102. The molecule has 1 amide bonds. The summed E-state index contributed by atoms with van der Waals surface area (Å²) in [7, 11) is 0. The zero-order chi connectivity index (χ0) is 13.5. The number of hydrogen-bond donors (Lipinski definition) is 1. The van der Waals surface area contributed by atoms with E-state index in [1.807, 2.05) is 0 Å². The Balaban J connectivity index is 2.70. The molecule has 0 radical (unpaired) electrons. The van der Waals surface area contributed by atoms with E-state index in [1.54, 1.807) is 6.92 Å². The van der Waals surface area contributed by atoms with Crippen LogP contribution >= 0.6 is 0 Å². The predicted molar refractivity (Wildman–Crippen MR) is 64.0 cm³/mol. The number of aliphatic hydroxyl groups excluding tert-OH is 1. The number of ether oxygens (including phenoxy) is 2. The summed E-state index contributed by atoms with van der Waals surface area (Å²) in [5.74, 6) is -0.370. The van der Waals surface area contributed by atoms with Crippen LogP contribution in [0, 0.1) is 0 Å². The molecule has 1 rings (SSSR count). The first-order chi connectivity index (χ1) is 8.60. The molecule has 1 heterocycles. The van der Waals surface area contributed by atoms with Gasteiger partial charge in [-0.2, -0.15) is 0 Å². The fraction of sp³-hybridized carbons (Fsp3) is 0.833. The zero-order valence-electron chi connectivity index (χ0n) is 10.9. The van der Waals surface area contributed by atoms with Crippen LogP contribution in [0.5, 0.6) is 0 Å². The average Bonchev–Trinajstić information content (AvgIpc) is 2.35. The second kappa shape index (κ2) is 7.20. The molecule has 104 valence electrons. The summed E-state index contributed by atoms with van der Waals surface area (Å²) in [6, 6.07) is -0.461. The van der Waals surface area contributed by atoms with E-state index in [0.717, 1.165) is 19.3 Å². The number of hydrogen-bond acceptors (Lipinski definition) is 5. The van der Waals surface area contributed by atoms with Crippen molar-refractivity contribution in [3.8, 4) is 0 Å². The summed E-state index contributed by atoms with van der Waals surface area (Å²) < 4.78 is 9.95. The zero-order valence-corrected chi connectivity index (χ0v) is 10.9. The Morgan fingerprint density at radius 2 is 1.94 bits per heavy atom. The maximum absolute atomic E-state index is 11.9. The van der Waals surface area contributed by atoms with E-state index < -0.39 is 6.09 Å². The smallest absolute Gasteiger partial charge is 0.410 e. The van der Waals surface area contributed by atoms with Crippen molar-refractivity contribution in [1.29, 1.82) is 0 Å². The van der Waals surface area contributed by atoms with E-state index in [0.29, 0.717) is 0 Å². The van der Waals surface area contributed by atoms with Crippen LogP contribution in [0.25, 0.3) is 0 Å². The minimum atomic E-state index is -0.451. The molecule has 0 unspecified atom stereocenters. The number of piperidine rings is 1. The summed E-state index contributed by atoms with van der Waals surface area (Å²) in [6.45, 7) is 3.41. The van der Waals surface area contributed by atoms with Crippen molar-refractivity contribution in [2.24, 2.45) is 0 Å². The highest BCUT2D eigenvalue weighted by Crippen LogP contribution is 2.24. The lowest BCUT2D eigenvalue weighted by Gasteiger charge is -2.40. The van der Waals surface area contributed by atoms with E-state index in [2.05, 4.69) is 0 Å². The molecule has 2 atom stereocenters. The molecule has 0 aromatic heterocycles. The van der Waals surface area contributed by atoms with E-state index >= 15 is 0 Å². The number of carbonyl (C=O) groups excluding carboxylic acids is 2. The molecular weight excluding hydrogens is 238 g/mol. The second-order valence-corrected chi connectivity index (χ2v) is 4.33. The Bertz CT molecular complexity index is 294. The molecule has 0 aromatic rings. The highest BCUT2D eigenvalue weighted by Gasteiger charge is 2.35. The lowest BCUT2D eigenvalue weighted by Crippen LogP contribution is -2.53. The SMILES string of the molecule is CCOC(=O)N1[C@H](CO)CCC[C@@H]1COC(C)=O. The molecule has 1 N–H and O–H groups in total. The van der Waals surface area contributed by atoms with Gasteiger partial charge in [-0.15, -0.1) is 0 Å². The Hall–Kier alpha value is -1.30. The van der Waals surface area contributed by atoms with Crippen molar-refractivity contribution in [3.05, 3.63) is 0 Å². The third kappa shape index (κ3) is 3.87. The topological polar surface area (TPSA) is 76.1 Å². The van der Waals surface area contributed by atoms with Gasteiger partial charge in [0, 0.05) is 6.92 Å². The number of nitrogens with zero attached hydrogens (tertiary/aromatic N) is 1. The molecule has 0 bridgehead atoms. The van der Waals surface area contributed by atoms with Gasteiger partial charge in [-0.3, -0.25) is 9.69 Å². The summed E-state index contributed by atoms with van der Waals surface area (Å²) in [6.07, 6.45) is 1.94. The van der Waals surface area contributed by atoms with Gasteiger partial charge in [0.05, 0.1) is 25.3 Å².